The number of rotatable bonds is 2. The number of nitrogens with two attached hydrogens (primary N) is 1. The van der Waals surface area contributed by atoms with Crippen LogP contribution in [0.5, 0.6) is 0 Å². The van der Waals surface area contributed by atoms with E-state index in [1.54, 1.807) is 18.2 Å². The van der Waals surface area contributed by atoms with Gasteiger partial charge in [-0.1, -0.05) is 17.7 Å². The quantitative estimate of drug-likeness (QED) is 0.603. The highest BCUT2D eigenvalue weighted by molar-refractivity contribution is 14.1. The fourth-order valence-electron chi connectivity index (χ4n) is 1.56. The summed E-state index contributed by atoms with van der Waals surface area (Å²) in [5.41, 5.74) is 8.50. The molecule has 1 amide bonds. The number of carbonyl (C=O) groups is 1. The van der Waals surface area contributed by atoms with Crippen LogP contribution in [0.15, 0.2) is 36.4 Å². The molecule has 0 radical (unpaired) electrons. The topological polar surface area (TPSA) is 55.1 Å². The van der Waals surface area contributed by atoms with Gasteiger partial charge in [-0.2, -0.15) is 0 Å². The van der Waals surface area contributed by atoms with Crippen molar-refractivity contribution in [2.24, 2.45) is 0 Å². The number of benzene rings is 2. The molecule has 0 atom stereocenters. The zero-order valence-corrected chi connectivity index (χ0v) is 13.1. The number of hydrogen-bond donors (Lipinski definition) is 2. The number of aryl methyl sites for hydroxylation is 1. The number of hydrogen-bond acceptors (Lipinski definition) is 2. The Kier molecular flexibility index (Phi) is 4.31. The van der Waals surface area contributed by atoms with Gasteiger partial charge >= 0.3 is 0 Å². The van der Waals surface area contributed by atoms with Gasteiger partial charge in [0.05, 0.1) is 10.7 Å². The summed E-state index contributed by atoms with van der Waals surface area (Å²) in [6.07, 6.45) is 0. The predicted molar refractivity (Wildman–Crippen MR) is 87.7 cm³/mol. The van der Waals surface area contributed by atoms with Crippen molar-refractivity contribution in [3.63, 3.8) is 0 Å². The minimum Gasteiger partial charge on any atom is -0.398 e. The van der Waals surface area contributed by atoms with Crippen LogP contribution in [-0.4, -0.2) is 5.91 Å². The van der Waals surface area contributed by atoms with Gasteiger partial charge in [0.15, 0.2) is 0 Å². The standard InChI is InChI=1S/C14H12ClIN2O/c1-8-2-4-10(7-12(8)16)18-14(19)9-3-5-11(15)13(17)6-9/h2-7H,17H2,1H3,(H,18,19). The molecule has 2 aromatic carbocycles. The first kappa shape index (κ1) is 14.1. The lowest BCUT2D eigenvalue weighted by atomic mass is 10.1. The van der Waals surface area contributed by atoms with Crippen LogP contribution in [0, 0.1) is 10.5 Å². The maximum atomic E-state index is 12.1. The Hall–Kier alpha value is -1.27. The van der Waals surface area contributed by atoms with Gasteiger partial charge in [-0.3, -0.25) is 4.79 Å². The van der Waals surface area contributed by atoms with Crippen molar-refractivity contribution in [1.82, 2.24) is 0 Å². The summed E-state index contributed by atoms with van der Waals surface area (Å²) in [5.74, 6) is -0.206. The lowest BCUT2D eigenvalue weighted by molar-refractivity contribution is 0.102. The van der Waals surface area contributed by atoms with E-state index < -0.39 is 0 Å². The largest absolute Gasteiger partial charge is 0.398 e. The summed E-state index contributed by atoms with van der Waals surface area (Å²) < 4.78 is 1.10. The molecular weight excluding hydrogens is 375 g/mol. The summed E-state index contributed by atoms with van der Waals surface area (Å²) in [6.45, 7) is 2.02. The number of anilines is 2. The molecule has 2 rings (SSSR count). The van der Waals surface area contributed by atoms with Crippen LogP contribution < -0.4 is 11.1 Å². The summed E-state index contributed by atoms with van der Waals surface area (Å²) in [5, 5.41) is 3.28. The zero-order valence-electron chi connectivity index (χ0n) is 10.2. The molecule has 2 aromatic rings. The Labute approximate surface area is 130 Å². The molecule has 0 aromatic heterocycles. The Morgan fingerprint density at radius 2 is 2.00 bits per heavy atom. The van der Waals surface area contributed by atoms with Crippen LogP contribution in [0.1, 0.15) is 15.9 Å². The van der Waals surface area contributed by atoms with Crippen molar-refractivity contribution in [3.05, 3.63) is 56.1 Å². The average Bonchev–Trinajstić information content (AvgIpc) is 2.37. The molecule has 98 valence electrons. The van der Waals surface area contributed by atoms with E-state index in [-0.39, 0.29) is 5.91 Å². The number of nitrogens with one attached hydrogen (secondary N) is 1. The Balaban J connectivity index is 2.20. The average molecular weight is 387 g/mol. The molecule has 0 saturated heterocycles. The normalized spacial score (nSPS) is 10.3. The van der Waals surface area contributed by atoms with Gasteiger partial charge in [-0.25, -0.2) is 0 Å². The van der Waals surface area contributed by atoms with Crippen molar-refractivity contribution in [1.29, 1.82) is 0 Å². The monoisotopic (exact) mass is 386 g/mol. The molecule has 3 nitrogen and oxygen atoms in total. The van der Waals surface area contributed by atoms with E-state index in [0.29, 0.717) is 16.3 Å². The highest BCUT2D eigenvalue weighted by Crippen LogP contribution is 2.21. The maximum absolute atomic E-state index is 12.1. The van der Waals surface area contributed by atoms with E-state index in [1.165, 1.54) is 5.56 Å². The van der Waals surface area contributed by atoms with Crippen molar-refractivity contribution in [2.45, 2.75) is 6.92 Å². The number of nitrogen functional groups attached to an aromatic ring is 1. The predicted octanol–water partition coefficient (Wildman–Crippen LogP) is 4.09. The fraction of sp³-hybridized carbons (Fsp3) is 0.0714. The van der Waals surface area contributed by atoms with Crippen LogP contribution in [-0.2, 0) is 0 Å². The lowest BCUT2D eigenvalue weighted by Gasteiger charge is -2.08. The molecule has 0 aliphatic rings. The molecule has 0 fully saturated rings. The molecule has 5 heteroatoms. The molecule has 0 spiro atoms. The molecule has 0 unspecified atom stereocenters. The highest BCUT2D eigenvalue weighted by Gasteiger charge is 2.08. The van der Waals surface area contributed by atoms with Gasteiger partial charge in [0.1, 0.15) is 0 Å². The first-order chi connectivity index (χ1) is 8.97. The van der Waals surface area contributed by atoms with Gasteiger partial charge < -0.3 is 11.1 Å². The van der Waals surface area contributed by atoms with Crippen molar-refractivity contribution in [3.8, 4) is 0 Å². The van der Waals surface area contributed by atoms with E-state index in [1.807, 2.05) is 25.1 Å². The SMILES string of the molecule is Cc1ccc(NC(=O)c2ccc(Cl)c(N)c2)cc1I. The van der Waals surface area contributed by atoms with Gasteiger partial charge in [0.2, 0.25) is 0 Å². The summed E-state index contributed by atoms with van der Waals surface area (Å²) in [4.78, 5) is 12.1. The second kappa shape index (κ2) is 5.79. The van der Waals surface area contributed by atoms with Crippen molar-refractivity contribution < 1.29 is 4.79 Å². The van der Waals surface area contributed by atoms with E-state index in [2.05, 4.69) is 27.9 Å². The van der Waals surface area contributed by atoms with E-state index in [9.17, 15) is 4.79 Å². The zero-order chi connectivity index (χ0) is 14.0. The van der Waals surface area contributed by atoms with E-state index in [4.69, 9.17) is 17.3 Å². The van der Waals surface area contributed by atoms with E-state index in [0.717, 1.165) is 9.26 Å². The summed E-state index contributed by atoms with van der Waals surface area (Å²) in [6, 6.07) is 10.6. The van der Waals surface area contributed by atoms with Crippen LogP contribution in [0.25, 0.3) is 0 Å². The van der Waals surface area contributed by atoms with Gasteiger partial charge in [0.25, 0.3) is 5.91 Å². The van der Waals surface area contributed by atoms with Gasteiger partial charge in [-0.15, -0.1) is 0 Å². The van der Waals surface area contributed by atoms with Crippen molar-refractivity contribution >= 4 is 51.5 Å². The smallest absolute Gasteiger partial charge is 0.255 e. The molecule has 0 saturated carbocycles. The molecule has 0 aliphatic heterocycles. The molecule has 0 heterocycles. The summed E-state index contributed by atoms with van der Waals surface area (Å²) >= 11 is 8.06. The van der Waals surface area contributed by atoms with Crippen LogP contribution in [0.3, 0.4) is 0 Å². The van der Waals surface area contributed by atoms with Gasteiger partial charge in [0, 0.05) is 14.8 Å². The minimum atomic E-state index is -0.206. The third kappa shape index (κ3) is 3.39. The summed E-state index contributed by atoms with van der Waals surface area (Å²) in [7, 11) is 0. The molecule has 0 aliphatic carbocycles. The van der Waals surface area contributed by atoms with Crippen LogP contribution in [0.4, 0.5) is 11.4 Å². The number of amides is 1. The first-order valence-electron chi connectivity index (χ1n) is 5.60. The molecule has 0 bridgehead atoms. The third-order valence-corrected chi connectivity index (χ3v) is 4.19. The van der Waals surface area contributed by atoms with Gasteiger partial charge in [-0.05, 0) is 65.4 Å². The first-order valence-corrected chi connectivity index (χ1v) is 7.05. The Bertz CT molecular complexity index is 643. The maximum Gasteiger partial charge on any atom is 0.255 e. The van der Waals surface area contributed by atoms with Crippen LogP contribution >= 0.6 is 34.2 Å². The van der Waals surface area contributed by atoms with Crippen LogP contribution in [0.2, 0.25) is 5.02 Å². The van der Waals surface area contributed by atoms with Crippen molar-refractivity contribution in [2.75, 3.05) is 11.1 Å². The lowest BCUT2D eigenvalue weighted by Crippen LogP contribution is -2.12. The highest BCUT2D eigenvalue weighted by atomic mass is 127. The third-order valence-electron chi connectivity index (χ3n) is 2.69. The molecular formula is C14H12ClIN2O. The van der Waals surface area contributed by atoms with E-state index >= 15 is 0 Å². The minimum absolute atomic E-state index is 0.206. The second-order valence-electron chi connectivity index (χ2n) is 4.15. The number of halogens is 2. The fourth-order valence-corrected chi connectivity index (χ4v) is 2.19. The molecule has 3 N–H and O–H groups in total. The molecule has 19 heavy (non-hydrogen) atoms. The Morgan fingerprint density at radius 1 is 1.26 bits per heavy atom. The number of carbonyl (C=O) groups excluding carboxylic acids is 1. The Morgan fingerprint density at radius 3 is 2.63 bits per heavy atom. The second-order valence-corrected chi connectivity index (χ2v) is 5.72.